The maximum absolute atomic E-state index is 12.5. The van der Waals surface area contributed by atoms with Gasteiger partial charge in [-0.15, -0.1) is 0 Å². The van der Waals surface area contributed by atoms with Crippen LogP contribution in [0, 0.1) is 0 Å². The summed E-state index contributed by atoms with van der Waals surface area (Å²) in [6.45, 7) is 2.66. The first-order valence-corrected chi connectivity index (χ1v) is 8.97. The van der Waals surface area contributed by atoms with Crippen LogP contribution in [-0.4, -0.2) is 37.6 Å². The highest BCUT2D eigenvalue weighted by molar-refractivity contribution is 6.30. The Bertz CT molecular complexity index is 712. The molecule has 1 aliphatic rings. The second-order valence-electron chi connectivity index (χ2n) is 6.25. The molecule has 25 heavy (non-hydrogen) atoms. The molecule has 0 bridgehead atoms. The van der Waals surface area contributed by atoms with E-state index in [4.69, 9.17) is 16.3 Å². The molecular formula is C20H23ClN2O2. The molecule has 0 aromatic heterocycles. The number of halogens is 1. The lowest BCUT2D eigenvalue weighted by Gasteiger charge is -2.28. The van der Waals surface area contributed by atoms with Crippen LogP contribution in [0.15, 0.2) is 48.5 Å². The first kappa shape index (κ1) is 17.8. The zero-order valence-electron chi connectivity index (χ0n) is 14.4. The molecule has 1 N–H and O–H groups in total. The molecule has 2 aromatic rings. The summed E-state index contributed by atoms with van der Waals surface area (Å²) >= 11 is 6.17. The third kappa shape index (κ3) is 4.53. The zero-order chi connectivity index (χ0) is 17.6. The third-order valence-corrected chi connectivity index (χ3v) is 4.86. The van der Waals surface area contributed by atoms with Gasteiger partial charge in [0, 0.05) is 17.1 Å². The standard InChI is InChI=1S/C20H23ClN2O2/c1-25-18-9-7-15(8-10-18)20(24)22-14-19(23-11-2-3-12-23)16-5-4-6-17(21)13-16/h4-10,13,19H,2-3,11-12,14H2,1H3,(H,22,24). The van der Waals surface area contributed by atoms with Crippen molar-refractivity contribution in [3.8, 4) is 5.75 Å². The second kappa shape index (κ2) is 8.37. The number of nitrogens with zero attached hydrogens (tertiary/aromatic N) is 1. The van der Waals surface area contributed by atoms with Crippen LogP contribution in [-0.2, 0) is 0 Å². The number of ether oxygens (including phenoxy) is 1. The van der Waals surface area contributed by atoms with Crippen LogP contribution < -0.4 is 10.1 Å². The number of benzene rings is 2. The second-order valence-corrected chi connectivity index (χ2v) is 6.69. The van der Waals surface area contributed by atoms with Crippen molar-refractivity contribution in [2.75, 3.05) is 26.7 Å². The molecule has 1 saturated heterocycles. The largest absolute Gasteiger partial charge is 0.497 e. The number of carbonyl (C=O) groups is 1. The molecule has 4 nitrogen and oxygen atoms in total. The maximum atomic E-state index is 12.5. The van der Waals surface area contributed by atoms with E-state index in [9.17, 15) is 4.79 Å². The normalized spacial score (nSPS) is 15.8. The van der Waals surface area contributed by atoms with Gasteiger partial charge in [0.05, 0.1) is 13.2 Å². The van der Waals surface area contributed by atoms with E-state index in [2.05, 4.69) is 16.3 Å². The molecule has 1 unspecified atom stereocenters. The van der Waals surface area contributed by atoms with E-state index in [1.54, 1.807) is 31.4 Å². The van der Waals surface area contributed by atoms with Crippen molar-refractivity contribution >= 4 is 17.5 Å². The summed E-state index contributed by atoms with van der Waals surface area (Å²) in [5.74, 6) is 0.666. The highest BCUT2D eigenvalue weighted by atomic mass is 35.5. The minimum Gasteiger partial charge on any atom is -0.497 e. The fraction of sp³-hybridized carbons (Fsp3) is 0.350. The summed E-state index contributed by atoms with van der Waals surface area (Å²) < 4.78 is 5.13. The van der Waals surface area contributed by atoms with Gasteiger partial charge in [-0.3, -0.25) is 9.69 Å². The summed E-state index contributed by atoms with van der Waals surface area (Å²) in [6, 6.07) is 15.2. The van der Waals surface area contributed by atoms with Crippen LogP contribution in [0.1, 0.15) is 34.8 Å². The minimum atomic E-state index is -0.0751. The fourth-order valence-corrected chi connectivity index (χ4v) is 3.46. The molecule has 1 fully saturated rings. The minimum absolute atomic E-state index is 0.0751. The Kier molecular flexibility index (Phi) is 5.95. The van der Waals surface area contributed by atoms with E-state index in [-0.39, 0.29) is 11.9 Å². The van der Waals surface area contributed by atoms with Crippen molar-refractivity contribution in [1.29, 1.82) is 0 Å². The maximum Gasteiger partial charge on any atom is 0.251 e. The average molecular weight is 359 g/mol. The number of likely N-dealkylation sites (tertiary alicyclic amines) is 1. The molecule has 3 rings (SSSR count). The zero-order valence-corrected chi connectivity index (χ0v) is 15.1. The van der Waals surface area contributed by atoms with Crippen molar-refractivity contribution in [3.05, 3.63) is 64.7 Å². The topological polar surface area (TPSA) is 41.6 Å². The summed E-state index contributed by atoms with van der Waals surface area (Å²) in [7, 11) is 1.61. The SMILES string of the molecule is COc1ccc(C(=O)NCC(c2cccc(Cl)c2)N2CCCC2)cc1. The van der Waals surface area contributed by atoms with E-state index < -0.39 is 0 Å². The lowest BCUT2D eigenvalue weighted by molar-refractivity contribution is 0.0938. The van der Waals surface area contributed by atoms with Gasteiger partial charge < -0.3 is 10.1 Å². The number of rotatable bonds is 6. The van der Waals surface area contributed by atoms with Crippen molar-refractivity contribution in [2.45, 2.75) is 18.9 Å². The molecule has 0 aliphatic carbocycles. The van der Waals surface area contributed by atoms with Crippen molar-refractivity contribution < 1.29 is 9.53 Å². The molecule has 0 saturated carbocycles. The van der Waals surface area contributed by atoms with Crippen molar-refractivity contribution in [2.24, 2.45) is 0 Å². The number of carbonyl (C=O) groups excluding carboxylic acids is 1. The van der Waals surface area contributed by atoms with E-state index in [0.717, 1.165) is 29.4 Å². The van der Waals surface area contributed by atoms with Crippen LogP contribution >= 0.6 is 11.6 Å². The molecule has 0 spiro atoms. The Morgan fingerprint density at radius 1 is 1.20 bits per heavy atom. The van der Waals surface area contributed by atoms with Crippen molar-refractivity contribution in [3.63, 3.8) is 0 Å². The van der Waals surface area contributed by atoms with Crippen LogP contribution in [0.4, 0.5) is 0 Å². The summed E-state index contributed by atoms with van der Waals surface area (Å²) in [4.78, 5) is 14.9. The molecule has 132 valence electrons. The highest BCUT2D eigenvalue weighted by Gasteiger charge is 2.24. The Morgan fingerprint density at radius 2 is 1.92 bits per heavy atom. The summed E-state index contributed by atoms with van der Waals surface area (Å²) in [5.41, 5.74) is 1.77. The Labute approximate surface area is 153 Å². The Balaban J connectivity index is 1.70. The van der Waals surface area contributed by atoms with E-state index in [1.807, 2.05) is 18.2 Å². The van der Waals surface area contributed by atoms with E-state index in [0.29, 0.717) is 12.1 Å². The molecule has 2 aromatic carbocycles. The average Bonchev–Trinajstić information content (AvgIpc) is 3.16. The lowest BCUT2D eigenvalue weighted by Crippen LogP contribution is -2.36. The van der Waals surface area contributed by atoms with Gasteiger partial charge in [-0.05, 0) is 67.9 Å². The number of methoxy groups -OCH3 is 1. The number of amides is 1. The number of hydrogen-bond acceptors (Lipinski definition) is 3. The fourth-order valence-electron chi connectivity index (χ4n) is 3.26. The van der Waals surface area contributed by atoms with Crippen LogP contribution in [0.5, 0.6) is 5.75 Å². The molecule has 0 radical (unpaired) electrons. The summed E-state index contributed by atoms with van der Waals surface area (Å²) in [6.07, 6.45) is 2.40. The van der Waals surface area contributed by atoms with Gasteiger partial charge in [0.25, 0.3) is 5.91 Å². The predicted octanol–water partition coefficient (Wildman–Crippen LogP) is 3.92. The monoisotopic (exact) mass is 358 g/mol. The predicted molar refractivity (Wildman–Crippen MR) is 100 cm³/mol. The van der Waals surface area contributed by atoms with E-state index >= 15 is 0 Å². The van der Waals surface area contributed by atoms with Crippen molar-refractivity contribution in [1.82, 2.24) is 10.2 Å². The molecule has 1 atom stereocenters. The third-order valence-electron chi connectivity index (χ3n) is 4.62. The quantitative estimate of drug-likeness (QED) is 0.851. The van der Waals surface area contributed by atoms with Gasteiger partial charge in [-0.1, -0.05) is 23.7 Å². The lowest BCUT2D eigenvalue weighted by atomic mass is 10.1. The van der Waals surface area contributed by atoms with Gasteiger partial charge in [0.15, 0.2) is 0 Å². The highest BCUT2D eigenvalue weighted by Crippen LogP contribution is 2.26. The molecule has 1 amide bonds. The smallest absolute Gasteiger partial charge is 0.251 e. The number of nitrogens with one attached hydrogen (secondary N) is 1. The first-order valence-electron chi connectivity index (χ1n) is 8.59. The van der Waals surface area contributed by atoms with Gasteiger partial charge in [-0.25, -0.2) is 0 Å². The van der Waals surface area contributed by atoms with Crippen LogP contribution in [0.2, 0.25) is 5.02 Å². The molecule has 1 heterocycles. The Hall–Kier alpha value is -2.04. The number of hydrogen-bond donors (Lipinski definition) is 1. The van der Waals surface area contributed by atoms with Gasteiger partial charge in [0.2, 0.25) is 0 Å². The van der Waals surface area contributed by atoms with Crippen LogP contribution in [0.3, 0.4) is 0 Å². The molecule has 5 heteroatoms. The van der Waals surface area contributed by atoms with Gasteiger partial charge in [0.1, 0.15) is 5.75 Å². The summed E-state index contributed by atoms with van der Waals surface area (Å²) in [5, 5.41) is 3.79. The van der Waals surface area contributed by atoms with E-state index in [1.165, 1.54) is 12.8 Å². The molecule has 1 aliphatic heterocycles. The first-order chi connectivity index (χ1) is 12.2. The van der Waals surface area contributed by atoms with Crippen LogP contribution in [0.25, 0.3) is 0 Å². The Morgan fingerprint density at radius 3 is 2.56 bits per heavy atom. The molecular weight excluding hydrogens is 336 g/mol. The van der Waals surface area contributed by atoms with Gasteiger partial charge in [-0.2, -0.15) is 0 Å². The van der Waals surface area contributed by atoms with Gasteiger partial charge >= 0.3 is 0 Å².